The predicted molar refractivity (Wildman–Crippen MR) is 111 cm³/mol. The van der Waals surface area contributed by atoms with Crippen LogP contribution in [0, 0.1) is 6.92 Å². The van der Waals surface area contributed by atoms with Crippen LogP contribution < -0.4 is 14.2 Å². The Labute approximate surface area is 171 Å². The Balaban J connectivity index is 1.65. The van der Waals surface area contributed by atoms with Crippen molar-refractivity contribution in [2.75, 3.05) is 20.8 Å². The average molecular weight is 416 g/mol. The summed E-state index contributed by atoms with van der Waals surface area (Å²) in [5.41, 5.74) is 2.47. The summed E-state index contributed by atoms with van der Waals surface area (Å²) in [5, 5.41) is 4.35. The molecular weight excluding hydrogens is 390 g/mol. The molecule has 0 amide bonds. The maximum atomic E-state index is 12.7. The molecule has 0 saturated carbocycles. The summed E-state index contributed by atoms with van der Waals surface area (Å²) in [6.45, 7) is 2.48. The Bertz CT molecular complexity index is 1060. The molecule has 2 aromatic carbocycles. The van der Waals surface area contributed by atoms with E-state index in [1.165, 1.54) is 0 Å². The topological polar surface area (TPSA) is 82.5 Å². The molecule has 0 fully saturated rings. The maximum absolute atomic E-state index is 12.7. The van der Waals surface area contributed by atoms with Crippen molar-refractivity contribution >= 4 is 10.0 Å². The number of aromatic nitrogens is 2. The first-order valence-electron chi connectivity index (χ1n) is 9.21. The number of nitrogens with zero attached hydrogens (tertiary/aromatic N) is 2. The van der Waals surface area contributed by atoms with Crippen molar-refractivity contribution in [2.24, 2.45) is 0 Å². The molecule has 7 nitrogen and oxygen atoms in total. The number of methoxy groups -OCH3 is 2. The summed E-state index contributed by atoms with van der Waals surface area (Å²) in [7, 11) is -0.505. The third kappa shape index (κ3) is 5.16. The van der Waals surface area contributed by atoms with Gasteiger partial charge in [0.25, 0.3) is 0 Å². The van der Waals surface area contributed by atoms with Crippen LogP contribution in [0.15, 0.2) is 59.6 Å². The molecule has 29 heavy (non-hydrogen) atoms. The van der Waals surface area contributed by atoms with Crippen molar-refractivity contribution in [3.63, 3.8) is 0 Å². The van der Waals surface area contributed by atoms with Gasteiger partial charge in [0.2, 0.25) is 10.0 Å². The highest BCUT2D eigenvalue weighted by Gasteiger charge is 2.20. The Morgan fingerprint density at radius 2 is 1.72 bits per heavy atom. The van der Waals surface area contributed by atoms with Gasteiger partial charge < -0.3 is 9.47 Å². The van der Waals surface area contributed by atoms with E-state index in [2.05, 4.69) is 9.82 Å². The van der Waals surface area contributed by atoms with Gasteiger partial charge in [-0.3, -0.25) is 4.68 Å². The molecule has 0 aliphatic rings. The predicted octanol–water partition coefficient (Wildman–Crippen LogP) is 2.78. The average Bonchev–Trinajstić information content (AvgIpc) is 3.09. The number of hydrogen-bond donors (Lipinski definition) is 1. The molecule has 0 atom stereocenters. The molecule has 8 heteroatoms. The van der Waals surface area contributed by atoms with Gasteiger partial charge in [0, 0.05) is 12.7 Å². The molecule has 0 unspecified atom stereocenters. The molecule has 0 radical (unpaired) electrons. The number of benzene rings is 2. The van der Waals surface area contributed by atoms with E-state index in [9.17, 15) is 8.42 Å². The molecule has 154 valence electrons. The molecule has 1 heterocycles. The van der Waals surface area contributed by atoms with Crippen molar-refractivity contribution in [2.45, 2.75) is 24.8 Å². The van der Waals surface area contributed by atoms with Crippen LogP contribution >= 0.6 is 0 Å². The van der Waals surface area contributed by atoms with Crippen molar-refractivity contribution in [1.82, 2.24) is 14.5 Å². The number of nitrogens with one attached hydrogen (secondary N) is 1. The molecule has 1 N–H and O–H groups in total. The van der Waals surface area contributed by atoms with Crippen molar-refractivity contribution in [1.29, 1.82) is 0 Å². The lowest BCUT2D eigenvalue weighted by Gasteiger charge is -2.10. The van der Waals surface area contributed by atoms with Crippen LogP contribution in [0.1, 0.15) is 16.8 Å². The first-order valence-corrected chi connectivity index (χ1v) is 10.7. The summed E-state index contributed by atoms with van der Waals surface area (Å²) in [6, 6.07) is 15.3. The monoisotopic (exact) mass is 415 g/mol. The zero-order valence-electron chi connectivity index (χ0n) is 16.8. The lowest BCUT2D eigenvalue weighted by molar-refractivity contribution is 0.354. The van der Waals surface area contributed by atoms with Crippen LogP contribution in [0.25, 0.3) is 0 Å². The second-order valence-electron chi connectivity index (χ2n) is 6.60. The minimum Gasteiger partial charge on any atom is -0.493 e. The molecule has 3 rings (SSSR count). The van der Waals surface area contributed by atoms with Crippen LogP contribution in [0.5, 0.6) is 11.5 Å². The Kier molecular flexibility index (Phi) is 6.56. The zero-order valence-corrected chi connectivity index (χ0v) is 17.6. The standard InChI is InChI=1S/C21H25N3O4S/c1-16-21(15-24(23-16)14-18-7-5-4-6-8-18)29(25,26)22-12-11-17-9-10-19(27-2)20(13-17)28-3/h4-10,13,15,22H,11-12,14H2,1-3H3. The van der Waals surface area contributed by atoms with Gasteiger partial charge in [0.05, 0.1) is 26.5 Å². The summed E-state index contributed by atoms with van der Waals surface area (Å²) in [5.74, 6) is 1.25. The summed E-state index contributed by atoms with van der Waals surface area (Å²) < 4.78 is 40.3. The van der Waals surface area contributed by atoms with Gasteiger partial charge in [-0.25, -0.2) is 13.1 Å². The Morgan fingerprint density at radius 3 is 2.41 bits per heavy atom. The molecule has 0 aliphatic carbocycles. The fourth-order valence-corrected chi connectivity index (χ4v) is 4.27. The Morgan fingerprint density at radius 1 is 1.00 bits per heavy atom. The van der Waals surface area contributed by atoms with Gasteiger partial charge >= 0.3 is 0 Å². The van der Waals surface area contributed by atoms with Crippen molar-refractivity contribution < 1.29 is 17.9 Å². The third-order valence-corrected chi connectivity index (χ3v) is 6.10. The second-order valence-corrected chi connectivity index (χ2v) is 8.33. The van der Waals surface area contributed by atoms with Crippen molar-refractivity contribution in [3.8, 4) is 11.5 Å². The summed E-state index contributed by atoms with van der Waals surface area (Å²) in [6.07, 6.45) is 2.10. The largest absolute Gasteiger partial charge is 0.493 e. The van der Waals surface area contributed by atoms with Crippen LogP contribution in [-0.4, -0.2) is 39.0 Å². The quantitative estimate of drug-likeness (QED) is 0.581. The van der Waals surface area contributed by atoms with Gasteiger partial charge in [-0.2, -0.15) is 5.10 Å². The molecule has 1 aromatic heterocycles. The lowest BCUT2D eigenvalue weighted by Crippen LogP contribution is -2.26. The molecule has 0 spiro atoms. The summed E-state index contributed by atoms with van der Waals surface area (Å²) in [4.78, 5) is 0.195. The highest BCUT2D eigenvalue weighted by Crippen LogP contribution is 2.27. The van der Waals surface area contributed by atoms with E-state index in [-0.39, 0.29) is 11.4 Å². The normalized spacial score (nSPS) is 11.4. The first kappa shape index (κ1) is 20.9. The zero-order chi connectivity index (χ0) is 20.9. The van der Waals surface area contributed by atoms with E-state index in [4.69, 9.17) is 9.47 Å². The molecule has 3 aromatic rings. The number of ether oxygens (including phenoxy) is 2. The smallest absolute Gasteiger partial charge is 0.243 e. The fourth-order valence-electron chi connectivity index (χ4n) is 3.06. The Hall–Kier alpha value is -2.84. The highest BCUT2D eigenvalue weighted by molar-refractivity contribution is 7.89. The fraction of sp³-hybridized carbons (Fsp3) is 0.286. The van der Waals surface area contributed by atoms with E-state index in [0.717, 1.165) is 11.1 Å². The second kappa shape index (κ2) is 9.11. The molecule has 0 saturated heterocycles. The number of rotatable bonds is 9. The third-order valence-electron chi connectivity index (χ3n) is 4.53. The van der Waals surface area contributed by atoms with Crippen LogP contribution in [0.3, 0.4) is 0 Å². The van der Waals surface area contributed by atoms with E-state index in [1.54, 1.807) is 38.1 Å². The lowest BCUT2D eigenvalue weighted by atomic mass is 10.1. The number of aryl methyl sites for hydroxylation is 1. The minimum atomic E-state index is -3.65. The molecule has 0 aliphatic heterocycles. The van der Waals surface area contributed by atoms with Gasteiger partial charge in [-0.1, -0.05) is 36.4 Å². The molecule has 0 bridgehead atoms. The van der Waals surface area contributed by atoms with E-state index >= 15 is 0 Å². The van der Waals surface area contributed by atoms with E-state index in [0.29, 0.717) is 30.2 Å². The van der Waals surface area contributed by atoms with Gasteiger partial charge in [0.1, 0.15) is 4.90 Å². The van der Waals surface area contributed by atoms with Crippen LogP contribution in [-0.2, 0) is 23.0 Å². The number of hydrogen-bond acceptors (Lipinski definition) is 5. The van der Waals surface area contributed by atoms with Gasteiger partial charge in [0.15, 0.2) is 11.5 Å². The van der Waals surface area contributed by atoms with Crippen LogP contribution in [0.4, 0.5) is 0 Å². The minimum absolute atomic E-state index is 0.195. The van der Waals surface area contributed by atoms with Gasteiger partial charge in [-0.15, -0.1) is 0 Å². The van der Waals surface area contributed by atoms with E-state index in [1.807, 2.05) is 42.5 Å². The molecular formula is C21H25N3O4S. The highest BCUT2D eigenvalue weighted by atomic mass is 32.2. The first-order chi connectivity index (χ1) is 13.9. The van der Waals surface area contributed by atoms with Gasteiger partial charge in [-0.05, 0) is 36.6 Å². The maximum Gasteiger partial charge on any atom is 0.243 e. The van der Waals surface area contributed by atoms with Crippen LogP contribution in [0.2, 0.25) is 0 Å². The van der Waals surface area contributed by atoms with E-state index < -0.39 is 10.0 Å². The summed E-state index contributed by atoms with van der Waals surface area (Å²) >= 11 is 0. The number of sulfonamides is 1. The van der Waals surface area contributed by atoms with Crippen molar-refractivity contribution in [3.05, 3.63) is 71.5 Å². The SMILES string of the molecule is COc1ccc(CCNS(=O)(=O)c2cn(Cc3ccccc3)nc2C)cc1OC.